The van der Waals surface area contributed by atoms with Crippen LogP contribution in [0.5, 0.6) is 11.5 Å². The van der Waals surface area contributed by atoms with Gasteiger partial charge in [0.25, 0.3) is 5.91 Å². The van der Waals surface area contributed by atoms with E-state index >= 15 is 0 Å². The number of hydrogen-bond acceptors (Lipinski definition) is 3. The lowest BCUT2D eigenvalue weighted by molar-refractivity contribution is 0.102. The molecule has 122 valence electrons. The zero-order valence-electron chi connectivity index (χ0n) is 13.6. The minimum atomic E-state index is -0.167. The fourth-order valence-corrected chi connectivity index (χ4v) is 3.15. The molecule has 0 saturated carbocycles. The fraction of sp³-hybridized carbons (Fsp3) is 0.211. The number of nitrogens with zero attached hydrogens (tertiary/aromatic N) is 1. The highest BCUT2D eigenvalue weighted by Crippen LogP contribution is 2.32. The number of anilines is 1. The first-order valence-electron chi connectivity index (χ1n) is 7.96. The zero-order valence-corrected chi connectivity index (χ0v) is 13.6. The van der Waals surface area contributed by atoms with Gasteiger partial charge in [-0.3, -0.25) is 4.79 Å². The van der Waals surface area contributed by atoms with E-state index < -0.39 is 0 Å². The third kappa shape index (κ3) is 2.38. The minimum Gasteiger partial charge on any atom is -0.454 e. The third-order valence-electron chi connectivity index (χ3n) is 4.32. The molecule has 0 saturated heterocycles. The molecule has 4 rings (SSSR count). The maximum absolute atomic E-state index is 12.5. The van der Waals surface area contributed by atoms with Gasteiger partial charge in [-0.1, -0.05) is 0 Å². The molecule has 3 aromatic rings. The van der Waals surface area contributed by atoms with Crippen molar-refractivity contribution in [1.29, 1.82) is 0 Å². The number of fused-ring (bicyclic) bond motifs is 2. The second kappa shape index (κ2) is 5.60. The number of carbonyl (C=O) groups excluding carboxylic acids is 1. The van der Waals surface area contributed by atoms with Crippen molar-refractivity contribution >= 4 is 22.5 Å². The summed E-state index contributed by atoms with van der Waals surface area (Å²) in [6, 6.07) is 13.3. The number of amides is 1. The van der Waals surface area contributed by atoms with Gasteiger partial charge in [0.1, 0.15) is 0 Å². The first kappa shape index (κ1) is 14.6. The van der Waals surface area contributed by atoms with Crippen LogP contribution in [0.3, 0.4) is 0 Å². The van der Waals surface area contributed by atoms with Gasteiger partial charge < -0.3 is 19.4 Å². The normalized spacial score (nSPS) is 12.6. The highest BCUT2D eigenvalue weighted by Gasteiger charge is 2.16. The number of aryl methyl sites for hydroxylation is 2. The molecule has 0 spiro atoms. The summed E-state index contributed by atoms with van der Waals surface area (Å²) >= 11 is 0. The molecule has 5 nitrogen and oxygen atoms in total. The molecule has 1 aliphatic heterocycles. The van der Waals surface area contributed by atoms with E-state index in [1.54, 1.807) is 18.2 Å². The topological polar surface area (TPSA) is 52.5 Å². The average Bonchev–Trinajstić information content (AvgIpc) is 3.16. The van der Waals surface area contributed by atoms with E-state index in [-0.39, 0.29) is 12.7 Å². The molecular weight excluding hydrogens is 304 g/mol. The van der Waals surface area contributed by atoms with Crippen LogP contribution in [0.1, 0.15) is 23.0 Å². The van der Waals surface area contributed by atoms with Crippen molar-refractivity contribution in [1.82, 2.24) is 4.57 Å². The Morgan fingerprint density at radius 2 is 1.96 bits per heavy atom. The second-order valence-corrected chi connectivity index (χ2v) is 5.83. The number of nitrogens with one attached hydrogen (secondary N) is 1. The van der Waals surface area contributed by atoms with Crippen molar-refractivity contribution in [3.05, 3.63) is 53.7 Å². The van der Waals surface area contributed by atoms with Gasteiger partial charge in [0.05, 0.1) is 0 Å². The SMILES string of the molecule is CCn1c(C)cc2cc(NC(=O)c3ccc4c(c3)OCO4)ccc21. The monoisotopic (exact) mass is 322 g/mol. The number of benzene rings is 2. The van der Waals surface area contributed by atoms with Gasteiger partial charge in [0, 0.05) is 34.4 Å². The predicted octanol–water partition coefficient (Wildman–Crippen LogP) is 3.95. The van der Waals surface area contributed by atoms with Crippen molar-refractivity contribution in [2.45, 2.75) is 20.4 Å². The lowest BCUT2D eigenvalue weighted by Crippen LogP contribution is -2.11. The van der Waals surface area contributed by atoms with Gasteiger partial charge in [0.15, 0.2) is 11.5 Å². The van der Waals surface area contributed by atoms with Gasteiger partial charge >= 0.3 is 0 Å². The number of hydrogen-bond donors (Lipinski definition) is 1. The van der Waals surface area contributed by atoms with Gasteiger partial charge in [-0.2, -0.15) is 0 Å². The molecule has 1 aromatic heterocycles. The van der Waals surface area contributed by atoms with Crippen LogP contribution in [0.25, 0.3) is 10.9 Å². The van der Waals surface area contributed by atoms with Crippen LogP contribution in [0, 0.1) is 6.92 Å². The maximum atomic E-state index is 12.5. The van der Waals surface area contributed by atoms with Crippen molar-refractivity contribution in [2.24, 2.45) is 0 Å². The smallest absolute Gasteiger partial charge is 0.255 e. The molecule has 24 heavy (non-hydrogen) atoms. The fourth-order valence-electron chi connectivity index (χ4n) is 3.15. The number of carbonyl (C=O) groups is 1. The van der Waals surface area contributed by atoms with Gasteiger partial charge in [0.2, 0.25) is 6.79 Å². The number of ether oxygens (including phenoxy) is 2. The summed E-state index contributed by atoms with van der Waals surface area (Å²) in [5.41, 5.74) is 3.71. The van der Waals surface area contributed by atoms with E-state index in [0.717, 1.165) is 17.6 Å². The molecule has 0 aliphatic carbocycles. The zero-order chi connectivity index (χ0) is 16.7. The molecule has 2 aromatic carbocycles. The van der Waals surface area contributed by atoms with Crippen molar-refractivity contribution in [3.63, 3.8) is 0 Å². The minimum absolute atomic E-state index is 0.167. The highest BCUT2D eigenvalue weighted by atomic mass is 16.7. The van der Waals surface area contributed by atoms with E-state index in [4.69, 9.17) is 9.47 Å². The predicted molar refractivity (Wildman–Crippen MR) is 92.9 cm³/mol. The lowest BCUT2D eigenvalue weighted by Gasteiger charge is -2.07. The van der Waals surface area contributed by atoms with Crippen molar-refractivity contribution in [2.75, 3.05) is 12.1 Å². The Labute approximate surface area is 139 Å². The molecule has 1 N–H and O–H groups in total. The molecule has 1 aliphatic rings. The largest absolute Gasteiger partial charge is 0.454 e. The Bertz CT molecular complexity index is 943. The van der Waals surface area contributed by atoms with Crippen LogP contribution < -0.4 is 14.8 Å². The summed E-state index contributed by atoms with van der Waals surface area (Å²) in [6.45, 7) is 5.35. The van der Waals surface area contributed by atoms with E-state index in [0.29, 0.717) is 17.1 Å². The number of aromatic nitrogens is 1. The van der Waals surface area contributed by atoms with Gasteiger partial charge in [-0.15, -0.1) is 0 Å². The molecule has 0 fully saturated rings. The standard InChI is InChI=1S/C19H18N2O3/c1-3-21-12(2)8-14-9-15(5-6-16(14)21)20-19(22)13-4-7-17-18(10-13)24-11-23-17/h4-10H,3,11H2,1-2H3,(H,20,22). The number of rotatable bonds is 3. The molecule has 2 heterocycles. The van der Waals surface area contributed by atoms with E-state index in [1.165, 1.54) is 11.2 Å². The van der Waals surface area contributed by atoms with Crippen LogP contribution in [0.4, 0.5) is 5.69 Å². The van der Waals surface area contributed by atoms with Crippen LogP contribution in [0.2, 0.25) is 0 Å². The van der Waals surface area contributed by atoms with Crippen molar-refractivity contribution in [3.8, 4) is 11.5 Å². The molecule has 0 atom stereocenters. The first-order chi connectivity index (χ1) is 11.7. The molecule has 0 radical (unpaired) electrons. The molecule has 5 heteroatoms. The Hall–Kier alpha value is -2.95. The summed E-state index contributed by atoms with van der Waals surface area (Å²) < 4.78 is 12.8. The summed E-state index contributed by atoms with van der Waals surface area (Å²) in [7, 11) is 0. The van der Waals surface area contributed by atoms with Crippen LogP contribution in [0.15, 0.2) is 42.5 Å². The third-order valence-corrected chi connectivity index (χ3v) is 4.32. The van der Waals surface area contributed by atoms with Gasteiger partial charge in [-0.05, 0) is 56.3 Å². The van der Waals surface area contributed by atoms with Crippen LogP contribution in [-0.2, 0) is 6.54 Å². The van der Waals surface area contributed by atoms with E-state index in [2.05, 4.69) is 29.8 Å². The Morgan fingerprint density at radius 3 is 2.79 bits per heavy atom. The van der Waals surface area contributed by atoms with Crippen LogP contribution >= 0.6 is 0 Å². The van der Waals surface area contributed by atoms with E-state index in [1.807, 2.05) is 18.2 Å². The highest BCUT2D eigenvalue weighted by molar-refractivity contribution is 6.05. The molecular formula is C19H18N2O3. The Balaban J connectivity index is 1.60. The first-order valence-corrected chi connectivity index (χ1v) is 7.96. The van der Waals surface area contributed by atoms with Gasteiger partial charge in [-0.25, -0.2) is 0 Å². The van der Waals surface area contributed by atoms with Crippen LogP contribution in [-0.4, -0.2) is 17.3 Å². The summed E-state index contributed by atoms with van der Waals surface area (Å²) in [6.07, 6.45) is 0. The maximum Gasteiger partial charge on any atom is 0.255 e. The summed E-state index contributed by atoms with van der Waals surface area (Å²) in [4.78, 5) is 12.5. The molecule has 0 bridgehead atoms. The van der Waals surface area contributed by atoms with E-state index in [9.17, 15) is 4.79 Å². The molecule has 1 amide bonds. The Kier molecular flexibility index (Phi) is 3.41. The lowest BCUT2D eigenvalue weighted by atomic mass is 10.1. The second-order valence-electron chi connectivity index (χ2n) is 5.83. The summed E-state index contributed by atoms with van der Waals surface area (Å²) in [5.74, 6) is 1.11. The summed E-state index contributed by atoms with van der Waals surface area (Å²) in [5, 5.41) is 4.07. The molecule has 0 unspecified atom stereocenters. The average molecular weight is 322 g/mol. The van der Waals surface area contributed by atoms with Crippen molar-refractivity contribution < 1.29 is 14.3 Å². The quantitative estimate of drug-likeness (QED) is 0.794. The Morgan fingerprint density at radius 1 is 1.12 bits per heavy atom.